The lowest BCUT2D eigenvalue weighted by molar-refractivity contribution is 1.44. The van der Waals surface area contributed by atoms with Crippen molar-refractivity contribution in [1.82, 2.24) is 0 Å². The summed E-state index contributed by atoms with van der Waals surface area (Å²) in [5.41, 5.74) is 18.0. The highest BCUT2D eigenvalue weighted by molar-refractivity contribution is 5.86. The van der Waals surface area contributed by atoms with E-state index < -0.39 is 0 Å². The van der Waals surface area contributed by atoms with Gasteiger partial charge in [0.25, 0.3) is 0 Å². The Morgan fingerprint density at radius 2 is 1.06 bits per heavy atom. The molecule has 16 heavy (non-hydrogen) atoms. The van der Waals surface area contributed by atoms with Crippen LogP contribution >= 0.6 is 0 Å². The molecule has 0 saturated heterocycles. The Morgan fingerprint density at radius 3 is 1.44 bits per heavy atom. The first kappa shape index (κ1) is 10.6. The average molecular weight is 212 g/mol. The lowest BCUT2D eigenvalue weighted by Gasteiger charge is -2.12. The number of nitrogen functional groups attached to an aromatic ring is 2. The van der Waals surface area contributed by atoms with Crippen molar-refractivity contribution in [2.24, 2.45) is 0 Å². The zero-order valence-electron chi connectivity index (χ0n) is 9.62. The van der Waals surface area contributed by atoms with Crippen molar-refractivity contribution in [2.45, 2.75) is 13.8 Å². The zero-order chi connectivity index (χ0) is 11.7. The number of nitrogens with two attached hydrogens (primary N) is 2. The molecule has 2 aromatic carbocycles. The molecule has 0 aliphatic carbocycles. The van der Waals surface area contributed by atoms with Gasteiger partial charge in [-0.1, -0.05) is 36.4 Å². The van der Waals surface area contributed by atoms with Crippen LogP contribution in [0.4, 0.5) is 11.4 Å². The summed E-state index contributed by atoms with van der Waals surface area (Å²) in [6, 6.07) is 12.0. The summed E-state index contributed by atoms with van der Waals surface area (Å²) in [6.45, 7) is 4.01. The van der Waals surface area contributed by atoms with E-state index in [0.29, 0.717) is 0 Å². The van der Waals surface area contributed by atoms with Gasteiger partial charge in [-0.3, -0.25) is 0 Å². The largest absolute Gasteiger partial charge is 0.398 e. The van der Waals surface area contributed by atoms with Crippen LogP contribution in [-0.4, -0.2) is 0 Å². The number of para-hydroxylation sites is 2. The summed E-state index contributed by atoms with van der Waals surface area (Å²) in [7, 11) is 0. The molecule has 0 bridgehead atoms. The maximum atomic E-state index is 6.08. The summed E-state index contributed by atoms with van der Waals surface area (Å²) in [6.07, 6.45) is 0. The molecular formula is C14H16N2. The van der Waals surface area contributed by atoms with Gasteiger partial charge in [0.05, 0.1) is 0 Å². The molecule has 0 aliphatic heterocycles. The van der Waals surface area contributed by atoms with E-state index in [-0.39, 0.29) is 0 Å². The fourth-order valence-electron chi connectivity index (χ4n) is 1.83. The van der Waals surface area contributed by atoms with E-state index in [1.165, 1.54) is 0 Å². The number of aryl methyl sites for hydroxylation is 2. The third-order valence-corrected chi connectivity index (χ3v) is 2.94. The second-order valence-corrected chi connectivity index (χ2v) is 4.07. The number of rotatable bonds is 1. The van der Waals surface area contributed by atoms with Crippen molar-refractivity contribution in [3.63, 3.8) is 0 Å². The molecule has 0 heterocycles. The molecule has 0 aromatic heterocycles. The molecule has 0 amide bonds. The van der Waals surface area contributed by atoms with Crippen LogP contribution in [0.1, 0.15) is 11.1 Å². The SMILES string of the molecule is Cc1cccc(-c2cccc(C)c2N)c1N. The van der Waals surface area contributed by atoms with Crippen molar-refractivity contribution >= 4 is 11.4 Å². The van der Waals surface area contributed by atoms with Crippen LogP contribution in [0.5, 0.6) is 0 Å². The molecule has 2 nitrogen and oxygen atoms in total. The van der Waals surface area contributed by atoms with Gasteiger partial charge in [-0.15, -0.1) is 0 Å². The van der Waals surface area contributed by atoms with E-state index >= 15 is 0 Å². The molecule has 2 rings (SSSR count). The number of hydrogen-bond acceptors (Lipinski definition) is 2. The van der Waals surface area contributed by atoms with E-state index in [1.54, 1.807) is 0 Å². The Labute approximate surface area is 95.9 Å². The van der Waals surface area contributed by atoms with Gasteiger partial charge in [0.2, 0.25) is 0 Å². The minimum atomic E-state index is 0.805. The maximum absolute atomic E-state index is 6.08. The van der Waals surface area contributed by atoms with Crippen LogP contribution in [-0.2, 0) is 0 Å². The smallest absolute Gasteiger partial charge is 0.0424 e. The Balaban J connectivity index is 2.68. The topological polar surface area (TPSA) is 52.0 Å². The van der Waals surface area contributed by atoms with Gasteiger partial charge in [0, 0.05) is 22.5 Å². The molecular weight excluding hydrogens is 196 g/mol. The minimum absolute atomic E-state index is 0.805. The molecule has 4 N–H and O–H groups in total. The Kier molecular flexibility index (Phi) is 2.57. The highest BCUT2D eigenvalue weighted by Gasteiger charge is 2.08. The van der Waals surface area contributed by atoms with Gasteiger partial charge in [-0.25, -0.2) is 0 Å². The molecule has 2 aromatic rings. The Morgan fingerprint density at radius 1 is 0.688 bits per heavy atom. The zero-order valence-corrected chi connectivity index (χ0v) is 9.62. The van der Waals surface area contributed by atoms with Crippen LogP contribution in [0.3, 0.4) is 0 Å². The van der Waals surface area contributed by atoms with Crippen molar-refractivity contribution in [3.05, 3.63) is 47.5 Å². The Hall–Kier alpha value is -1.96. The normalized spacial score (nSPS) is 10.4. The molecule has 0 aliphatic rings. The third-order valence-electron chi connectivity index (χ3n) is 2.94. The molecule has 82 valence electrons. The summed E-state index contributed by atoms with van der Waals surface area (Å²) < 4.78 is 0. The maximum Gasteiger partial charge on any atom is 0.0424 e. The van der Waals surface area contributed by atoms with E-state index in [2.05, 4.69) is 0 Å². The molecule has 0 spiro atoms. The first-order valence-electron chi connectivity index (χ1n) is 5.32. The number of anilines is 2. The first-order valence-corrected chi connectivity index (χ1v) is 5.32. The monoisotopic (exact) mass is 212 g/mol. The van der Waals surface area contributed by atoms with Crippen LogP contribution in [0.15, 0.2) is 36.4 Å². The van der Waals surface area contributed by atoms with E-state index in [1.807, 2.05) is 50.2 Å². The van der Waals surface area contributed by atoms with E-state index in [9.17, 15) is 0 Å². The lowest BCUT2D eigenvalue weighted by atomic mass is 9.97. The van der Waals surface area contributed by atoms with Crippen molar-refractivity contribution in [1.29, 1.82) is 0 Å². The summed E-state index contributed by atoms with van der Waals surface area (Å²) in [4.78, 5) is 0. The fraction of sp³-hybridized carbons (Fsp3) is 0.143. The van der Waals surface area contributed by atoms with Gasteiger partial charge >= 0.3 is 0 Å². The summed E-state index contributed by atoms with van der Waals surface area (Å²) in [5.74, 6) is 0. The summed E-state index contributed by atoms with van der Waals surface area (Å²) in [5, 5.41) is 0. The van der Waals surface area contributed by atoms with Gasteiger partial charge in [-0.05, 0) is 25.0 Å². The van der Waals surface area contributed by atoms with Gasteiger partial charge < -0.3 is 11.5 Å². The van der Waals surface area contributed by atoms with Crippen molar-refractivity contribution < 1.29 is 0 Å². The van der Waals surface area contributed by atoms with Crippen LogP contribution in [0, 0.1) is 13.8 Å². The highest BCUT2D eigenvalue weighted by atomic mass is 14.6. The van der Waals surface area contributed by atoms with E-state index in [4.69, 9.17) is 11.5 Å². The van der Waals surface area contributed by atoms with Gasteiger partial charge in [0.15, 0.2) is 0 Å². The van der Waals surface area contributed by atoms with Crippen molar-refractivity contribution in [3.8, 4) is 11.1 Å². The van der Waals surface area contributed by atoms with Crippen LogP contribution in [0.25, 0.3) is 11.1 Å². The Bertz CT molecular complexity index is 481. The third kappa shape index (κ3) is 1.63. The lowest BCUT2D eigenvalue weighted by Crippen LogP contribution is -1.97. The van der Waals surface area contributed by atoms with Crippen LogP contribution < -0.4 is 11.5 Å². The predicted octanol–water partition coefficient (Wildman–Crippen LogP) is 3.13. The van der Waals surface area contributed by atoms with Gasteiger partial charge in [0.1, 0.15) is 0 Å². The summed E-state index contributed by atoms with van der Waals surface area (Å²) >= 11 is 0. The molecule has 0 fully saturated rings. The fourth-order valence-corrected chi connectivity index (χ4v) is 1.83. The quantitative estimate of drug-likeness (QED) is 0.713. The second-order valence-electron chi connectivity index (χ2n) is 4.07. The number of hydrogen-bond donors (Lipinski definition) is 2. The molecule has 0 atom stereocenters. The minimum Gasteiger partial charge on any atom is -0.398 e. The van der Waals surface area contributed by atoms with Gasteiger partial charge in [-0.2, -0.15) is 0 Å². The average Bonchev–Trinajstić information content (AvgIpc) is 2.27. The predicted molar refractivity (Wildman–Crippen MR) is 70.2 cm³/mol. The molecule has 0 radical (unpaired) electrons. The standard InChI is InChI=1S/C14H16N2/c1-9-5-3-7-11(13(9)15)12-8-4-6-10(2)14(12)16/h3-8H,15-16H2,1-2H3. The molecule has 0 saturated carbocycles. The number of benzene rings is 2. The molecule has 2 heteroatoms. The van der Waals surface area contributed by atoms with Crippen molar-refractivity contribution in [2.75, 3.05) is 11.5 Å². The first-order chi connectivity index (χ1) is 7.61. The second kappa shape index (κ2) is 3.89. The van der Waals surface area contributed by atoms with E-state index in [0.717, 1.165) is 33.6 Å². The molecule has 0 unspecified atom stereocenters. The highest BCUT2D eigenvalue weighted by Crippen LogP contribution is 2.33. The van der Waals surface area contributed by atoms with Crippen LogP contribution in [0.2, 0.25) is 0 Å².